The molecule has 11 heteroatoms. The molecule has 4 rings (SSSR count). The predicted octanol–water partition coefficient (Wildman–Crippen LogP) is 5.88. The number of hydrogen-bond acceptors (Lipinski definition) is 7. The molecule has 0 fully saturated rings. The second-order valence-corrected chi connectivity index (χ2v) is 12.7. The molecule has 1 aromatic heterocycles. The van der Waals surface area contributed by atoms with Crippen LogP contribution >= 0.6 is 0 Å². The molecule has 0 saturated heterocycles. The van der Waals surface area contributed by atoms with Gasteiger partial charge in [-0.05, 0) is 70.9 Å². The van der Waals surface area contributed by atoms with Gasteiger partial charge in [-0.25, -0.2) is 4.79 Å². The molecule has 0 bridgehead atoms. The fraction of sp³-hybridized carbons (Fsp3) is 0.364. The highest BCUT2D eigenvalue weighted by atomic mass is 32.2. The average molecular weight is 624 g/mol. The monoisotopic (exact) mass is 623 g/mol. The number of fused-ring (bicyclic) bond motifs is 2. The molecular weight excluding hydrogens is 584 g/mol. The van der Waals surface area contributed by atoms with Crippen LogP contribution in [0.25, 0.3) is 17.0 Å². The van der Waals surface area contributed by atoms with Crippen LogP contribution in [0.4, 0.5) is 11.4 Å². The van der Waals surface area contributed by atoms with Gasteiger partial charge in [-0.3, -0.25) is 9.35 Å². The summed E-state index contributed by atoms with van der Waals surface area (Å²) in [5.74, 6) is -1.01. The van der Waals surface area contributed by atoms with E-state index in [0.717, 1.165) is 35.7 Å². The second kappa shape index (κ2) is 13.2. The lowest BCUT2D eigenvalue weighted by Crippen LogP contribution is -2.28. The number of aromatic hydroxyl groups is 1. The second-order valence-electron chi connectivity index (χ2n) is 11.2. The number of anilines is 1. The Labute approximate surface area is 257 Å². The van der Waals surface area contributed by atoms with Crippen molar-refractivity contribution in [3.63, 3.8) is 0 Å². The zero-order chi connectivity index (χ0) is 32.2. The van der Waals surface area contributed by atoms with E-state index in [0.29, 0.717) is 36.8 Å². The third-order valence-electron chi connectivity index (χ3n) is 8.09. The summed E-state index contributed by atoms with van der Waals surface area (Å²) in [7, 11) is -4.40. The van der Waals surface area contributed by atoms with Gasteiger partial charge in [-0.2, -0.15) is 13.0 Å². The van der Waals surface area contributed by atoms with Crippen LogP contribution in [0.2, 0.25) is 0 Å². The molecule has 44 heavy (non-hydrogen) atoms. The number of hydrogen-bond donors (Lipinski definition) is 3. The maximum atomic E-state index is 12.8. The molecular formula is C33H39N2O8S+. The van der Waals surface area contributed by atoms with E-state index in [-0.39, 0.29) is 22.6 Å². The molecule has 3 aromatic rings. The van der Waals surface area contributed by atoms with Crippen LogP contribution in [0.1, 0.15) is 64.5 Å². The lowest BCUT2D eigenvalue weighted by molar-refractivity contribution is -0.438. The van der Waals surface area contributed by atoms with Crippen LogP contribution in [0.15, 0.2) is 68.7 Å². The van der Waals surface area contributed by atoms with Crippen molar-refractivity contribution in [1.82, 2.24) is 0 Å². The molecule has 0 aliphatic carbocycles. The summed E-state index contributed by atoms with van der Waals surface area (Å²) in [6.45, 7) is 10.1. The lowest BCUT2D eigenvalue weighted by Gasteiger charge is -2.21. The Hall–Kier alpha value is -4.22. The first-order valence-corrected chi connectivity index (χ1v) is 16.1. The molecule has 0 amide bonds. The molecule has 3 N–H and O–H groups in total. The lowest BCUT2D eigenvalue weighted by atomic mass is 9.81. The SMILES string of the molecule is CCN(CC)c1ccc2c(O)c(C=CC=CC3=[N+](CCCCCC(=O)O)c4ccc(S(=O)(=O)O)cc4C3(C)C)c(=O)oc2c1. The van der Waals surface area contributed by atoms with Crippen LogP contribution in [0.3, 0.4) is 0 Å². The van der Waals surface area contributed by atoms with E-state index in [1.807, 2.05) is 39.8 Å². The van der Waals surface area contributed by atoms with Gasteiger partial charge in [0, 0.05) is 55.4 Å². The van der Waals surface area contributed by atoms with Gasteiger partial charge in [-0.1, -0.05) is 12.2 Å². The highest BCUT2D eigenvalue weighted by molar-refractivity contribution is 7.85. The van der Waals surface area contributed by atoms with Crippen LogP contribution in [0.5, 0.6) is 5.75 Å². The van der Waals surface area contributed by atoms with Crippen LogP contribution in [-0.4, -0.2) is 59.1 Å². The van der Waals surface area contributed by atoms with E-state index < -0.39 is 27.1 Å². The van der Waals surface area contributed by atoms with Gasteiger partial charge in [0.15, 0.2) is 5.71 Å². The van der Waals surface area contributed by atoms with Crippen LogP contribution in [0, 0.1) is 0 Å². The molecule has 10 nitrogen and oxygen atoms in total. The first-order chi connectivity index (χ1) is 20.8. The summed E-state index contributed by atoms with van der Waals surface area (Å²) in [5, 5.41) is 20.3. The fourth-order valence-corrected chi connectivity index (χ4v) is 6.20. The summed E-state index contributed by atoms with van der Waals surface area (Å²) in [5.41, 5.74) is 2.26. The number of carboxylic acids is 1. The molecule has 0 radical (unpaired) electrons. The van der Waals surface area contributed by atoms with E-state index in [4.69, 9.17) is 9.52 Å². The van der Waals surface area contributed by atoms with Crippen molar-refractivity contribution in [2.75, 3.05) is 24.5 Å². The minimum atomic E-state index is -4.40. The number of unbranched alkanes of at least 4 members (excludes halogenated alkanes) is 2. The smallest absolute Gasteiger partial charge is 0.347 e. The van der Waals surface area contributed by atoms with Crippen molar-refractivity contribution < 1.29 is 37.0 Å². The highest BCUT2D eigenvalue weighted by Crippen LogP contribution is 2.41. The van der Waals surface area contributed by atoms with E-state index in [9.17, 15) is 27.7 Å². The van der Waals surface area contributed by atoms with Crippen molar-refractivity contribution in [3.05, 3.63) is 76.2 Å². The number of aliphatic carboxylic acids is 1. The van der Waals surface area contributed by atoms with Crippen molar-refractivity contribution in [2.45, 2.75) is 63.7 Å². The maximum absolute atomic E-state index is 12.8. The number of carbonyl (C=O) groups is 1. The number of carboxylic acid groups (broad SMARTS) is 1. The van der Waals surface area contributed by atoms with Gasteiger partial charge in [0.25, 0.3) is 10.1 Å². The van der Waals surface area contributed by atoms with Crippen molar-refractivity contribution >= 4 is 50.2 Å². The zero-order valence-electron chi connectivity index (χ0n) is 25.4. The van der Waals surface area contributed by atoms with Crippen LogP contribution < -0.4 is 10.5 Å². The Morgan fingerprint density at radius 2 is 1.73 bits per heavy atom. The Morgan fingerprint density at radius 1 is 1.02 bits per heavy atom. The fourth-order valence-electron chi connectivity index (χ4n) is 5.70. The van der Waals surface area contributed by atoms with Crippen molar-refractivity contribution in [2.24, 2.45) is 0 Å². The summed E-state index contributed by atoms with van der Waals surface area (Å²) in [6.07, 6.45) is 8.75. The third kappa shape index (κ3) is 6.79. The summed E-state index contributed by atoms with van der Waals surface area (Å²) >= 11 is 0. The first kappa shape index (κ1) is 32.7. The number of benzene rings is 2. The van der Waals surface area contributed by atoms with E-state index >= 15 is 0 Å². The molecule has 2 aromatic carbocycles. The van der Waals surface area contributed by atoms with E-state index in [1.165, 1.54) is 18.2 Å². The Bertz CT molecular complexity index is 1830. The molecule has 0 atom stereocenters. The molecule has 1 aliphatic heterocycles. The summed E-state index contributed by atoms with van der Waals surface area (Å²) in [4.78, 5) is 25.6. The number of rotatable bonds is 13. The number of nitrogens with zero attached hydrogens (tertiary/aromatic N) is 2. The maximum Gasteiger partial charge on any atom is 0.347 e. The standard InChI is InChI=1S/C33H38N2O8S/c1-5-34(6-2)22-15-17-24-28(20-22)43-32(39)25(31(24)38)12-9-10-13-29-33(3,4)26-21-23(44(40,41)42)16-18-27(26)35(29)19-11-7-8-14-30(36)37/h9-10,12-13,15-18,20-21H,5-8,11,14,19H2,1-4H3,(H2,36,37,40,41,42)/p+1. The normalized spacial score (nSPS) is 14.7. The van der Waals surface area contributed by atoms with Crippen molar-refractivity contribution in [3.8, 4) is 5.75 Å². The third-order valence-corrected chi connectivity index (χ3v) is 8.94. The van der Waals surface area contributed by atoms with E-state index in [2.05, 4.69) is 9.48 Å². The molecule has 2 heterocycles. The molecule has 1 aliphatic rings. The van der Waals surface area contributed by atoms with Gasteiger partial charge in [0.1, 0.15) is 23.4 Å². The van der Waals surface area contributed by atoms with Gasteiger partial charge < -0.3 is 19.5 Å². The van der Waals surface area contributed by atoms with Gasteiger partial charge in [0.2, 0.25) is 5.69 Å². The number of allylic oxidation sites excluding steroid dienone is 3. The minimum absolute atomic E-state index is 0.0183. The average Bonchev–Trinajstić information content (AvgIpc) is 3.17. The summed E-state index contributed by atoms with van der Waals surface area (Å²) < 4.78 is 41.0. The van der Waals surface area contributed by atoms with E-state index in [1.54, 1.807) is 30.4 Å². The predicted molar refractivity (Wildman–Crippen MR) is 171 cm³/mol. The Morgan fingerprint density at radius 3 is 2.39 bits per heavy atom. The molecule has 0 saturated carbocycles. The molecule has 234 valence electrons. The van der Waals surface area contributed by atoms with Gasteiger partial charge >= 0.3 is 11.6 Å². The molecule has 0 spiro atoms. The molecule has 0 unspecified atom stereocenters. The van der Waals surface area contributed by atoms with Crippen molar-refractivity contribution in [1.29, 1.82) is 0 Å². The first-order valence-electron chi connectivity index (χ1n) is 14.7. The zero-order valence-corrected chi connectivity index (χ0v) is 26.2. The minimum Gasteiger partial charge on any atom is -0.506 e. The summed E-state index contributed by atoms with van der Waals surface area (Å²) in [6, 6.07) is 9.86. The quantitative estimate of drug-likeness (QED) is 0.0697. The van der Waals surface area contributed by atoms with Crippen LogP contribution in [-0.2, 0) is 20.3 Å². The Kier molecular flexibility index (Phi) is 9.80. The van der Waals surface area contributed by atoms with Gasteiger partial charge in [0.05, 0.1) is 15.7 Å². The van der Waals surface area contributed by atoms with Gasteiger partial charge in [-0.15, -0.1) is 0 Å². The topological polar surface area (TPSA) is 148 Å². The largest absolute Gasteiger partial charge is 0.506 e. The Balaban J connectivity index is 1.66. The highest BCUT2D eigenvalue weighted by Gasteiger charge is 2.44.